The lowest BCUT2D eigenvalue weighted by atomic mass is 10.1. The summed E-state index contributed by atoms with van der Waals surface area (Å²) in [7, 11) is -3.57. The molecule has 0 bridgehead atoms. The van der Waals surface area contributed by atoms with E-state index in [1.807, 2.05) is 18.4 Å². The second kappa shape index (κ2) is 5.75. The van der Waals surface area contributed by atoms with Gasteiger partial charge in [-0.1, -0.05) is 0 Å². The van der Waals surface area contributed by atoms with Crippen LogP contribution in [0.5, 0.6) is 0 Å². The smallest absolute Gasteiger partial charge is 0.262 e. The van der Waals surface area contributed by atoms with Crippen LogP contribution >= 0.6 is 11.3 Å². The number of sulfonamides is 1. The molecule has 2 aromatic rings. The summed E-state index contributed by atoms with van der Waals surface area (Å²) in [5.41, 5.74) is 1.67. The molecule has 0 spiro atoms. The lowest BCUT2D eigenvalue weighted by Gasteiger charge is -2.26. The van der Waals surface area contributed by atoms with Gasteiger partial charge in [-0.25, -0.2) is 13.4 Å². The summed E-state index contributed by atoms with van der Waals surface area (Å²) in [5, 5.41) is 5.20. The zero-order valence-electron chi connectivity index (χ0n) is 11.7. The molecular formula is C14H17N3O2S2. The molecule has 0 radical (unpaired) electrons. The van der Waals surface area contributed by atoms with Gasteiger partial charge < -0.3 is 5.32 Å². The summed E-state index contributed by atoms with van der Waals surface area (Å²) in [6.07, 6.45) is 2.29. The van der Waals surface area contributed by atoms with E-state index in [-0.39, 0.29) is 5.03 Å². The van der Waals surface area contributed by atoms with Crippen LogP contribution < -0.4 is 5.32 Å². The summed E-state index contributed by atoms with van der Waals surface area (Å²) >= 11 is 1.70. The molecule has 1 aliphatic heterocycles. The molecule has 1 N–H and O–H groups in total. The number of hydrogen-bond acceptors (Lipinski definition) is 5. The fourth-order valence-corrected chi connectivity index (χ4v) is 4.86. The Morgan fingerprint density at radius 2 is 2.29 bits per heavy atom. The molecule has 3 rings (SSSR count). The molecule has 0 unspecified atom stereocenters. The number of nitrogens with one attached hydrogen (secondary N) is 1. The van der Waals surface area contributed by atoms with Gasteiger partial charge in [0.2, 0.25) is 0 Å². The van der Waals surface area contributed by atoms with Crippen molar-refractivity contribution in [2.45, 2.75) is 24.9 Å². The van der Waals surface area contributed by atoms with Crippen LogP contribution in [-0.2, 0) is 23.0 Å². The highest BCUT2D eigenvalue weighted by Crippen LogP contribution is 2.29. The molecule has 0 saturated carbocycles. The first-order valence-electron chi connectivity index (χ1n) is 6.87. The number of fused-ring (bicyclic) bond motifs is 1. The van der Waals surface area contributed by atoms with Crippen molar-refractivity contribution < 1.29 is 8.42 Å². The summed E-state index contributed by atoms with van der Waals surface area (Å²) in [6, 6.07) is 5.50. The Bertz CT molecular complexity index is 740. The van der Waals surface area contributed by atoms with Crippen molar-refractivity contribution in [3.63, 3.8) is 0 Å². The van der Waals surface area contributed by atoms with E-state index in [1.165, 1.54) is 15.4 Å². The standard InChI is InChI=1S/C14H17N3O2S2/c1-2-15-12-4-3-7-16-14(12)21(18,19)17-8-5-13-11(10-17)6-9-20-13/h3-4,6-7,9,15H,2,5,8,10H2,1H3. The fourth-order valence-electron chi connectivity index (χ4n) is 2.47. The minimum absolute atomic E-state index is 0.116. The number of aromatic nitrogens is 1. The first kappa shape index (κ1) is 14.5. The van der Waals surface area contributed by atoms with Crippen molar-refractivity contribution in [3.8, 4) is 0 Å². The minimum atomic E-state index is -3.57. The van der Waals surface area contributed by atoms with Crippen LogP contribution in [0.4, 0.5) is 5.69 Å². The van der Waals surface area contributed by atoms with Gasteiger partial charge in [0.15, 0.2) is 5.03 Å². The van der Waals surface area contributed by atoms with E-state index >= 15 is 0 Å². The lowest BCUT2D eigenvalue weighted by molar-refractivity contribution is 0.392. The molecule has 0 amide bonds. The van der Waals surface area contributed by atoms with Crippen molar-refractivity contribution >= 4 is 27.0 Å². The third-order valence-corrected chi connectivity index (χ3v) is 6.32. The molecule has 0 atom stereocenters. The maximum atomic E-state index is 12.8. The maximum absolute atomic E-state index is 12.8. The molecule has 5 nitrogen and oxygen atoms in total. The van der Waals surface area contributed by atoms with Gasteiger partial charge in [-0.05, 0) is 42.5 Å². The predicted molar refractivity (Wildman–Crippen MR) is 84.0 cm³/mol. The summed E-state index contributed by atoms with van der Waals surface area (Å²) < 4.78 is 27.2. The summed E-state index contributed by atoms with van der Waals surface area (Å²) in [5.74, 6) is 0. The van der Waals surface area contributed by atoms with E-state index in [0.29, 0.717) is 25.3 Å². The summed E-state index contributed by atoms with van der Waals surface area (Å²) in [6.45, 7) is 3.53. The Kier molecular flexibility index (Phi) is 3.97. The van der Waals surface area contributed by atoms with Crippen LogP contribution in [0, 0.1) is 0 Å². The predicted octanol–water partition coefficient (Wildman–Crippen LogP) is 2.32. The zero-order chi connectivity index (χ0) is 14.9. The van der Waals surface area contributed by atoms with Gasteiger partial charge in [0.05, 0.1) is 5.69 Å². The highest BCUT2D eigenvalue weighted by Gasteiger charge is 2.31. The van der Waals surface area contributed by atoms with Gasteiger partial charge >= 0.3 is 0 Å². The Morgan fingerprint density at radius 1 is 1.43 bits per heavy atom. The topological polar surface area (TPSA) is 62.3 Å². The van der Waals surface area contributed by atoms with Gasteiger partial charge in [-0.2, -0.15) is 4.31 Å². The first-order valence-corrected chi connectivity index (χ1v) is 9.19. The van der Waals surface area contributed by atoms with Crippen LogP contribution in [-0.4, -0.2) is 30.8 Å². The third kappa shape index (κ3) is 2.68. The number of hydrogen-bond donors (Lipinski definition) is 1. The molecule has 21 heavy (non-hydrogen) atoms. The van der Waals surface area contributed by atoms with Crippen molar-refractivity contribution in [2.24, 2.45) is 0 Å². The Hall–Kier alpha value is -1.44. The monoisotopic (exact) mass is 323 g/mol. The second-order valence-corrected chi connectivity index (χ2v) is 7.70. The van der Waals surface area contributed by atoms with Crippen molar-refractivity contribution in [1.29, 1.82) is 0 Å². The molecule has 7 heteroatoms. The van der Waals surface area contributed by atoms with Gasteiger partial charge in [0, 0.05) is 30.7 Å². The number of rotatable bonds is 4. The van der Waals surface area contributed by atoms with Crippen LogP contribution in [0.3, 0.4) is 0 Å². The number of nitrogens with zero attached hydrogens (tertiary/aromatic N) is 2. The van der Waals surface area contributed by atoms with E-state index in [9.17, 15) is 8.42 Å². The maximum Gasteiger partial charge on any atom is 0.262 e. The van der Waals surface area contributed by atoms with E-state index in [0.717, 1.165) is 12.0 Å². The van der Waals surface area contributed by atoms with Crippen LogP contribution in [0.2, 0.25) is 0 Å². The molecule has 0 fully saturated rings. The van der Waals surface area contributed by atoms with Crippen molar-refractivity contribution in [2.75, 3.05) is 18.4 Å². The molecule has 3 heterocycles. The van der Waals surface area contributed by atoms with E-state index in [1.54, 1.807) is 23.5 Å². The highest BCUT2D eigenvalue weighted by molar-refractivity contribution is 7.89. The average molecular weight is 323 g/mol. The van der Waals surface area contributed by atoms with Gasteiger partial charge in [-0.15, -0.1) is 11.3 Å². The third-order valence-electron chi connectivity index (χ3n) is 3.50. The zero-order valence-corrected chi connectivity index (χ0v) is 13.4. The number of anilines is 1. The normalized spacial score (nSPS) is 15.7. The van der Waals surface area contributed by atoms with Gasteiger partial charge in [-0.3, -0.25) is 0 Å². The fraction of sp³-hybridized carbons (Fsp3) is 0.357. The van der Waals surface area contributed by atoms with E-state index in [4.69, 9.17) is 0 Å². The Labute approximate surface area is 128 Å². The van der Waals surface area contributed by atoms with Crippen molar-refractivity contribution in [1.82, 2.24) is 9.29 Å². The molecule has 112 valence electrons. The van der Waals surface area contributed by atoms with Crippen molar-refractivity contribution in [3.05, 3.63) is 40.2 Å². The highest BCUT2D eigenvalue weighted by atomic mass is 32.2. The second-order valence-electron chi connectivity index (χ2n) is 4.84. The molecule has 0 aromatic carbocycles. The van der Waals surface area contributed by atoms with Gasteiger partial charge in [0.1, 0.15) is 0 Å². The summed E-state index contributed by atoms with van der Waals surface area (Å²) in [4.78, 5) is 5.38. The van der Waals surface area contributed by atoms with Crippen LogP contribution in [0.1, 0.15) is 17.4 Å². The van der Waals surface area contributed by atoms with E-state index < -0.39 is 10.0 Å². The number of thiophene rings is 1. The molecule has 1 aliphatic rings. The van der Waals surface area contributed by atoms with E-state index in [2.05, 4.69) is 10.3 Å². The molecule has 2 aromatic heterocycles. The Morgan fingerprint density at radius 3 is 3.10 bits per heavy atom. The minimum Gasteiger partial charge on any atom is -0.383 e. The first-order chi connectivity index (χ1) is 10.1. The van der Waals surface area contributed by atoms with Gasteiger partial charge in [0.25, 0.3) is 10.0 Å². The molecule has 0 saturated heterocycles. The lowest BCUT2D eigenvalue weighted by Crippen LogP contribution is -2.36. The Balaban J connectivity index is 1.95. The molecular weight excluding hydrogens is 306 g/mol. The average Bonchev–Trinajstić information content (AvgIpc) is 2.95. The molecule has 0 aliphatic carbocycles. The number of pyridine rings is 1. The SMILES string of the molecule is CCNc1cccnc1S(=O)(=O)N1CCc2sccc2C1. The van der Waals surface area contributed by atoms with Crippen LogP contribution in [0.15, 0.2) is 34.8 Å². The quantitative estimate of drug-likeness (QED) is 0.938. The van der Waals surface area contributed by atoms with Crippen LogP contribution in [0.25, 0.3) is 0 Å². The largest absolute Gasteiger partial charge is 0.383 e.